The molecule has 23 heavy (non-hydrogen) atoms. The summed E-state index contributed by atoms with van der Waals surface area (Å²) in [6, 6.07) is 13.7. The van der Waals surface area contributed by atoms with Gasteiger partial charge in [-0.2, -0.15) is 5.26 Å². The van der Waals surface area contributed by atoms with Gasteiger partial charge in [0.1, 0.15) is 11.8 Å². The van der Waals surface area contributed by atoms with Crippen LogP contribution in [0, 0.1) is 11.3 Å². The van der Waals surface area contributed by atoms with Crippen LogP contribution >= 0.6 is 0 Å². The number of nitrogens with one attached hydrogen (secondary N) is 1. The average molecular weight is 312 g/mol. The highest BCUT2D eigenvalue weighted by Gasteiger charge is 2.16. The van der Waals surface area contributed by atoms with Crippen molar-refractivity contribution in [1.29, 1.82) is 5.26 Å². The first-order valence-electron chi connectivity index (χ1n) is 6.81. The van der Waals surface area contributed by atoms with Crippen LogP contribution in [0.3, 0.4) is 0 Å². The number of hydrogen-bond acceptors (Lipinski definition) is 5. The van der Waals surface area contributed by atoms with Crippen molar-refractivity contribution in [3.8, 4) is 23.3 Å². The first kappa shape index (κ1) is 16.2. The van der Waals surface area contributed by atoms with E-state index < -0.39 is 0 Å². The molecule has 0 bridgehead atoms. The van der Waals surface area contributed by atoms with Crippen LogP contribution in [0.15, 0.2) is 42.5 Å². The lowest BCUT2D eigenvalue weighted by Crippen LogP contribution is -2.13. The van der Waals surface area contributed by atoms with E-state index in [9.17, 15) is 4.79 Å². The monoisotopic (exact) mass is 312 g/mol. The summed E-state index contributed by atoms with van der Waals surface area (Å²) in [5.41, 5.74) is 0.973. The average Bonchev–Trinajstić information content (AvgIpc) is 2.60. The molecule has 0 aliphatic rings. The van der Waals surface area contributed by atoms with E-state index in [1.807, 2.05) is 6.07 Å². The lowest BCUT2D eigenvalue weighted by atomic mass is 10.1. The topological polar surface area (TPSA) is 80.6 Å². The number of methoxy groups -OCH3 is 2. The largest absolute Gasteiger partial charge is 0.493 e. The Balaban J connectivity index is 2.15. The molecule has 0 aliphatic carbocycles. The van der Waals surface area contributed by atoms with E-state index in [0.29, 0.717) is 28.5 Å². The lowest BCUT2D eigenvalue weighted by Gasteiger charge is -2.12. The van der Waals surface area contributed by atoms with Gasteiger partial charge in [0, 0.05) is 5.69 Å². The van der Waals surface area contributed by atoms with Crippen LogP contribution in [0.2, 0.25) is 0 Å². The fourth-order valence-corrected chi connectivity index (χ4v) is 2.01. The molecule has 0 radical (unpaired) electrons. The fraction of sp³-hybridized carbons (Fsp3) is 0.176. The number of nitrogens with zero attached hydrogens (tertiary/aromatic N) is 1. The van der Waals surface area contributed by atoms with Gasteiger partial charge in [-0.3, -0.25) is 4.79 Å². The lowest BCUT2D eigenvalue weighted by molar-refractivity contribution is 0.102. The van der Waals surface area contributed by atoms with Gasteiger partial charge in [-0.05, 0) is 36.4 Å². The van der Waals surface area contributed by atoms with Crippen LogP contribution in [0.5, 0.6) is 17.2 Å². The standard InChI is InChI=1S/C17H16N2O4/c1-21-15-5-3-4-14(16(15)22-2)17(20)19-12-6-8-13(9-7-12)23-11-10-18/h3-9H,11H2,1-2H3,(H,19,20). The number of amides is 1. The molecule has 0 saturated carbocycles. The van der Waals surface area contributed by atoms with Crippen molar-refractivity contribution in [2.45, 2.75) is 0 Å². The number of carbonyl (C=O) groups is 1. The van der Waals surface area contributed by atoms with Crippen LogP contribution in [-0.4, -0.2) is 26.7 Å². The fourth-order valence-electron chi connectivity index (χ4n) is 2.01. The Labute approximate surface area is 134 Å². The highest BCUT2D eigenvalue weighted by atomic mass is 16.5. The predicted octanol–water partition coefficient (Wildman–Crippen LogP) is 2.86. The Bertz CT molecular complexity index is 720. The third kappa shape index (κ3) is 3.92. The van der Waals surface area contributed by atoms with Gasteiger partial charge < -0.3 is 19.5 Å². The molecule has 0 heterocycles. The van der Waals surface area contributed by atoms with Crippen LogP contribution < -0.4 is 19.5 Å². The van der Waals surface area contributed by atoms with E-state index in [0.717, 1.165) is 0 Å². The number of ether oxygens (including phenoxy) is 3. The number of carbonyl (C=O) groups excluding carboxylic acids is 1. The molecule has 0 unspecified atom stereocenters. The van der Waals surface area contributed by atoms with E-state index in [4.69, 9.17) is 19.5 Å². The van der Waals surface area contributed by atoms with Gasteiger partial charge in [0.15, 0.2) is 18.1 Å². The molecule has 6 nitrogen and oxygen atoms in total. The second-order valence-electron chi connectivity index (χ2n) is 4.47. The maximum absolute atomic E-state index is 12.4. The van der Waals surface area contributed by atoms with Crippen LogP contribution in [0.1, 0.15) is 10.4 Å². The van der Waals surface area contributed by atoms with Crippen molar-refractivity contribution in [3.05, 3.63) is 48.0 Å². The molecule has 1 amide bonds. The minimum atomic E-state index is -0.313. The maximum atomic E-state index is 12.4. The van der Waals surface area contributed by atoms with Gasteiger partial charge in [0.2, 0.25) is 0 Å². The summed E-state index contributed by atoms with van der Waals surface area (Å²) >= 11 is 0. The molecule has 0 saturated heterocycles. The van der Waals surface area contributed by atoms with E-state index in [1.165, 1.54) is 14.2 Å². The SMILES string of the molecule is COc1cccc(C(=O)Nc2ccc(OCC#N)cc2)c1OC. The zero-order chi connectivity index (χ0) is 16.7. The minimum Gasteiger partial charge on any atom is -0.493 e. The second-order valence-corrected chi connectivity index (χ2v) is 4.47. The summed E-state index contributed by atoms with van der Waals surface area (Å²) in [6.45, 7) is -0.0211. The summed E-state index contributed by atoms with van der Waals surface area (Å²) < 4.78 is 15.6. The summed E-state index contributed by atoms with van der Waals surface area (Å²) in [6.07, 6.45) is 0. The molecular formula is C17H16N2O4. The molecule has 0 aromatic heterocycles. The summed E-state index contributed by atoms with van der Waals surface area (Å²) in [7, 11) is 3.00. The van der Waals surface area contributed by atoms with Gasteiger partial charge in [-0.1, -0.05) is 6.07 Å². The zero-order valence-corrected chi connectivity index (χ0v) is 12.8. The molecule has 2 aromatic rings. The number of nitriles is 1. The van der Waals surface area contributed by atoms with Gasteiger partial charge in [-0.15, -0.1) is 0 Å². The third-order valence-corrected chi connectivity index (χ3v) is 3.06. The smallest absolute Gasteiger partial charge is 0.259 e. The Morgan fingerprint density at radius 3 is 2.48 bits per heavy atom. The van der Waals surface area contributed by atoms with Gasteiger partial charge in [-0.25, -0.2) is 0 Å². The number of rotatable bonds is 6. The number of benzene rings is 2. The van der Waals surface area contributed by atoms with Crippen LogP contribution in [-0.2, 0) is 0 Å². The van der Waals surface area contributed by atoms with Crippen molar-refractivity contribution < 1.29 is 19.0 Å². The Hall–Kier alpha value is -3.20. The number of hydrogen-bond donors (Lipinski definition) is 1. The number of para-hydroxylation sites is 1. The first-order valence-corrected chi connectivity index (χ1v) is 6.81. The zero-order valence-electron chi connectivity index (χ0n) is 12.8. The summed E-state index contributed by atoms with van der Waals surface area (Å²) in [4.78, 5) is 12.4. The van der Waals surface area contributed by atoms with Crippen molar-refractivity contribution in [2.24, 2.45) is 0 Å². The highest BCUT2D eigenvalue weighted by molar-refractivity contribution is 6.06. The van der Waals surface area contributed by atoms with Crippen molar-refractivity contribution in [2.75, 3.05) is 26.1 Å². The first-order chi connectivity index (χ1) is 11.2. The normalized spacial score (nSPS) is 9.61. The van der Waals surface area contributed by atoms with Crippen molar-refractivity contribution in [1.82, 2.24) is 0 Å². The molecule has 1 N–H and O–H groups in total. The Kier molecular flexibility index (Phi) is 5.42. The molecule has 0 aliphatic heterocycles. The van der Waals surface area contributed by atoms with E-state index in [-0.39, 0.29) is 12.5 Å². The van der Waals surface area contributed by atoms with Crippen LogP contribution in [0.4, 0.5) is 5.69 Å². The summed E-state index contributed by atoms with van der Waals surface area (Å²) in [5.74, 6) is 1.11. The Morgan fingerprint density at radius 2 is 1.87 bits per heavy atom. The van der Waals surface area contributed by atoms with Gasteiger partial charge >= 0.3 is 0 Å². The minimum absolute atomic E-state index is 0.0211. The maximum Gasteiger partial charge on any atom is 0.259 e. The molecule has 2 rings (SSSR count). The predicted molar refractivity (Wildman–Crippen MR) is 85.0 cm³/mol. The molecule has 0 spiro atoms. The van der Waals surface area contributed by atoms with Gasteiger partial charge in [0.25, 0.3) is 5.91 Å². The van der Waals surface area contributed by atoms with Crippen molar-refractivity contribution >= 4 is 11.6 Å². The van der Waals surface area contributed by atoms with E-state index in [1.54, 1.807) is 42.5 Å². The van der Waals surface area contributed by atoms with Crippen molar-refractivity contribution in [3.63, 3.8) is 0 Å². The third-order valence-electron chi connectivity index (χ3n) is 3.06. The highest BCUT2D eigenvalue weighted by Crippen LogP contribution is 2.31. The van der Waals surface area contributed by atoms with E-state index >= 15 is 0 Å². The Morgan fingerprint density at radius 1 is 1.13 bits per heavy atom. The van der Waals surface area contributed by atoms with E-state index in [2.05, 4.69) is 5.32 Å². The molecular weight excluding hydrogens is 296 g/mol. The number of anilines is 1. The molecule has 118 valence electrons. The summed E-state index contributed by atoms with van der Waals surface area (Å²) in [5, 5.41) is 11.2. The van der Waals surface area contributed by atoms with Gasteiger partial charge in [0.05, 0.1) is 19.8 Å². The molecule has 2 aromatic carbocycles. The molecule has 0 atom stereocenters. The molecule has 6 heteroatoms. The molecule has 0 fully saturated rings. The quantitative estimate of drug-likeness (QED) is 0.887. The van der Waals surface area contributed by atoms with Crippen LogP contribution in [0.25, 0.3) is 0 Å². The second kappa shape index (κ2) is 7.71.